The zero-order valence-corrected chi connectivity index (χ0v) is 18.8. The third-order valence-electron chi connectivity index (χ3n) is 6.02. The Kier molecular flexibility index (Phi) is 6.90. The molecule has 1 fully saturated rings. The maximum atomic E-state index is 12.7. The fraction of sp³-hybridized carbons (Fsp3) is 0.619. The van der Waals surface area contributed by atoms with Crippen LogP contribution in [0.3, 0.4) is 0 Å². The third kappa shape index (κ3) is 5.44. The van der Waals surface area contributed by atoms with Gasteiger partial charge in [0.1, 0.15) is 0 Å². The molecule has 0 radical (unpaired) electrons. The van der Waals surface area contributed by atoms with Crippen molar-refractivity contribution in [3.63, 3.8) is 0 Å². The Morgan fingerprint density at radius 3 is 2.30 bits per heavy atom. The second kappa shape index (κ2) is 9.24. The van der Waals surface area contributed by atoms with E-state index in [1.165, 1.54) is 6.07 Å². The highest BCUT2D eigenvalue weighted by atomic mass is 32.2. The molecule has 1 aliphatic carbocycles. The van der Waals surface area contributed by atoms with Gasteiger partial charge >= 0.3 is 12.1 Å². The molecule has 1 aliphatic heterocycles. The Balaban J connectivity index is 1.65. The molecule has 2 aliphatic rings. The zero-order valence-electron chi connectivity index (χ0n) is 18.0. The highest BCUT2D eigenvalue weighted by Crippen LogP contribution is 2.24. The van der Waals surface area contributed by atoms with E-state index in [2.05, 4.69) is 17.0 Å². The molecule has 8 nitrogen and oxygen atoms in total. The second-order valence-electron chi connectivity index (χ2n) is 8.63. The van der Waals surface area contributed by atoms with Crippen LogP contribution in [-0.4, -0.2) is 63.5 Å². The molecule has 1 saturated carbocycles. The SMILES string of the molecule is CN(C)C(=O)N1CCc2ccc(S(=O)(=O)NC(=O)N[C@H]3CC[C@H](C)CC3)cc2CC1. The maximum absolute atomic E-state index is 12.7. The summed E-state index contributed by atoms with van der Waals surface area (Å²) in [6.45, 7) is 3.31. The summed E-state index contributed by atoms with van der Waals surface area (Å²) in [6, 6.07) is 4.23. The molecule has 166 valence electrons. The molecular formula is C21H32N4O4S. The summed E-state index contributed by atoms with van der Waals surface area (Å²) >= 11 is 0. The molecular weight excluding hydrogens is 404 g/mol. The fourth-order valence-corrected chi connectivity index (χ4v) is 5.11. The van der Waals surface area contributed by atoms with Crippen LogP contribution in [0.25, 0.3) is 0 Å². The molecule has 1 aromatic rings. The van der Waals surface area contributed by atoms with Gasteiger partial charge in [0.15, 0.2) is 0 Å². The summed E-state index contributed by atoms with van der Waals surface area (Å²) in [5, 5.41) is 2.79. The van der Waals surface area contributed by atoms with Gasteiger partial charge in [0.25, 0.3) is 10.0 Å². The average molecular weight is 437 g/mol. The van der Waals surface area contributed by atoms with Crippen molar-refractivity contribution in [1.29, 1.82) is 0 Å². The minimum Gasteiger partial charge on any atom is -0.335 e. The van der Waals surface area contributed by atoms with Crippen LogP contribution in [0.1, 0.15) is 43.7 Å². The van der Waals surface area contributed by atoms with Gasteiger partial charge in [-0.05, 0) is 67.7 Å². The number of rotatable bonds is 3. The highest BCUT2D eigenvalue weighted by molar-refractivity contribution is 7.90. The molecule has 0 bridgehead atoms. The fourth-order valence-electron chi connectivity index (χ4n) is 4.14. The van der Waals surface area contributed by atoms with Crippen molar-refractivity contribution in [3.05, 3.63) is 29.3 Å². The summed E-state index contributed by atoms with van der Waals surface area (Å²) < 4.78 is 27.6. The summed E-state index contributed by atoms with van der Waals surface area (Å²) in [7, 11) is -0.525. The minimum atomic E-state index is -3.96. The number of amides is 4. The molecule has 0 spiro atoms. The number of nitrogens with one attached hydrogen (secondary N) is 2. The lowest BCUT2D eigenvalue weighted by Crippen LogP contribution is -2.45. The topological polar surface area (TPSA) is 98.8 Å². The molecule has 0 unspecified atom stereocenters. The monoisotopic (exact) mass is 436 g/mol. The predicted molar refractivity (Wildman–Crippen MR) is 115 cm³/mol. The second-order valence-corrected chi connectivity index (χ2v) is 10.3. The molecule has 1 heterocycles. The number of carbonyl (C=O) groups is 2. The Bertz CT molecular complexity index is 892. The Morgan fingerprint density at radius 1 is 1.03 bits per heavy atom. The van der Waals surface area contributed by atoms with E-state index in [0.717, 1.165) is 36.8 Å². The van der Waals surface area contributed by atoms with Gasteiger partial charge in [-0.15, -0.1) is 0 Å². The van der Waals surface area contributed by atoms with Gasteiger partial charge in [-0.25, -0.2) is 22.7 Å². The van der Waals surface area contributed by atoms with Crippen LogP contribution < -0.4 is 10.0 Å². The van der Waals surface area contributed by atoms with Gasteiger partial charge in [0, 0.05) is 33.2 Å². The maximum Gasteiger partial charge on any atom is 0.328 e. The smallest absolute Gasteiger partial charge is 0.328 e. The van der Waals surface area contributed by atoms with Gasteiger partial charge in [0.2, 0.25) is 0 Å². The van der Waals surface area contributed by atoms with Crippen molar-refractivity contribution in [2.75, 3.05) is 27.2 Å². The van der Waals surface area contributed by atoms with Crippen LogP contribution in [0.15, 0.2) is 23.1 Å². The molecule has 1 aromatic carbocycles. The molecule has 3 rings (SSSR count). The Labute approximate surface area is 179 Å². The molecule has 0 saturated heterocycles. The zero-order chi connectivity index (χ0) is 21.9. The van der Waals surface area contributed by atoms with Crippen LogP contribution in [0.4, 0.5) is 9.59 Å². The van der Waals surface area contributed by atoms with Gasteiger partial charge in [-0.2, -0.15) is 0 Å². The number of hydrogen-bond acceptors (Lipinski definition) is 4. The molecule has 4 amide bonds. The molecule has 0 atom stereocenters. The summed E-state index contributed by atoms with van der Waals surface area (Å²) in [4.78, 5) is 27.9. The largest absolute Gasteiger partial charge is 0.335 e. The third-order valence-corrected chi connectivity index (χ3v) is 7.35. The minimum absolute atomic E-state index is 0.0173. The van der Waals surface area contributed by atoms with E-state index in [4.69, 9.17) is 0 Å². The van der Waals surface area contributed by atoms with Gasteiger partial charge in [-0.3, -0.25) is 0 Å². The lowest BCUT2D eigenvalue weighted by atomic mass is 9.87. The van der Waals surface area contributed by atoms with E-state index >= 15 is 0 Å². The number of hydrogen-bond donors (Lipinski definition) is 2. The first-order valence-electron chi connectivity index (χ1n) is 10.6. The van der Waals surface area contributed by atoms with Crippen LogP contribution >= 0.6 is 0 Å². The number of urea groups is 2. The van der Waals surface area contributed by atoms with Crippen molar-refractivity contribution < 1.29 is 18.0 Å². The summed E-state index contributed by atoms with van der Waals surface area (Å²) in [6.07, 6.45) is 5.06. The number of benzene rings is 1. The lowest BCUT2D eigenvalue weighted by molar-refractivity contribution is 0.173. The molecule has 2 N–H and O–H groups in total. The highest BCUT2D eigenvalue weighted by Gasteiger charge is 2.25. The summed E-state index contributed by atoms with van der Waals surface area (Å²) in [5.74, 6) is 0.651. The lowest BCUT2D eigenvalue weighted by Gasteiger charge is -2.26. The van der Waals surface area contributed by atoms with Crippen molar-refractivity contribution >= 4 is 22.1 Å². The quantitative estimate of drug-likeness (QED) is 0.760. The predicted octanol–water partition coefficient (Wildman–Crippen LogP) is 2.34. The first kappa shape index (κ1) is 22.4. The molecule has 9 heteroatoms. The van der Waals surface area contributed by atoms with Crippen LogP contribution in [0, 0.1) is 5.92 Å². The van der Waals surface area contributed by atoms with Crippen molar-refractivity contribution in [3.8, 4) is 0 Å². The van der Waals surface area contributed by atoms with Gasteiger partial charge < -0.3 is 15.1 Å². The number of sulfonamides is 1. The molecule has 30 heavy (non-hydrogen) atoms. The van der Waals surface area contributed by atoms with E-state index in [-0.39, 0.29) is 17.0 Å². The van der Waals surface area contributed by atoms with Crippen molar-refractivity contribution in [1.82, 2.24) is 19.8 Å². The Hall–Kier alpha value is -2.29. The van der Waals surface area contributed by atoms with Crippen LogP contribution in [0.2, 0.25) is 0 Å². The molecule has 0 aromatic heterocycles. The van der Waals surface area contributed by atoms with Crippen molar-refractivity contribution in [2.45, 2.75) is 56.4 Å². The summed E-state index contributed by atoms with van der Waals surface area (Å²) in [5.41, 5.74) is 1.93. The van der Waals surface area contributed by atoms with E-state index < -0.39 is 16.1 Å². The van der Waals surface area contributed by atoms with Gasteiger partial charge in [-0.1, -0.05) is 13.0 Å². The van der Waals surface area contributed by atoms with E-state index in [1.54, 1.807) is 36.0 Å². The number of carbonyl (C=O) groups excluding carboxylic acids is 2. The van der Waals surface area contributed by atoms with E-state index in [9.17, 15) is 18.0 Å². The van der Waals surface area contributed by atoms with Gasteiger partial charge in [0.05, 0.1) is 4.90 Å². The van der Waals surface area contributed by atoms with E-state index in [1.807, 2.05) is 0 Å². The first-order valence-corrected chi connectivity index (χ1v) is 12.1. The van der Waals surface area contributed by atoms with Crippen LogP contribution in [0.5, 0.6) is 0 Å². The Morgan fingerprint density at radius 2 is 1.67 bits per heavy atom. The average Bonchev–Trinajstić information content (AvgIpc) is 2.90. The first-order chi connectivity index (χ1) is 14.2. The standard InChI is InChI=1S/C21H32N4O4S/c1-15-4-7-18(8-5-15)22-20(26)23-30(28,29)19-9-6-16-10-12-25(21(27)24(2)3)13-11-17(16)14-19/h6,9,14-15,18H,4-5,7-8,10-13H2,1-3H3,(H2,22,23,26)/t15-,18-. The normalized spacial score (nSPS) is 21.9. The number of fused-ring (bicyclic) bond motifs is 1. The number of nitrogens with zero attached hydrogens (tertiary/aromatic N) is 2. The van der Waals surface area contributed by atoms with Crippen molar-refractivity contribution in [2.24, 2.45) is 5.92 Å². The van der Waals surface area contributed by atoms with E-state index in [0.29, 0.717) is 31.8 Å². The van der Waals surface area contributed by atoms with Crippen LogP contribution in [-0.2, 0) is 22.9 Å².